The Bertz CT molecular complexity index is 1550. The molecule has 0 saturated heterocycles. The second kappa shape index (κ2) is 12.9. The number of methoxy groups -OCH3 is 1. The average Bonchev–Trinajstić information content (AvgIpc) is 3.00. The smallest absolute Gasteiger partial charge is 0.330 e. The van der Waals surface area contributed by atoms with E-state index in [9.17, 15) is 9.59 Å². The van der Waals surface area contributed by atoms with Crippen LogP contribution in [0.25, 0.3) is 0 Å². The third kappa shape index (κ3) is 6.87. The summed E-state index contributed by atoms with van der Waals surface area (Å²) in [6, 6.07) is 26.1. The van der Waals surface area contributed by atoms with Crippen molar-refractivity contribution in [1.29, 1.82) is 0 Å². The molecular weight excluding hydrogens is 536 g/mol. The molecule has 0 spiro atoms. The molecule has 0 aromatic heterocycles. The first-order chi connectivity index (χ1) is 19.7. The Labute approximate surface area is 246 Å². The van der Waals surface area contributed by atoms with E-state index in [1.807, 2.05) is 25.1 Å². The molecule has 0 heterocycles. The van der Waals surface area contributed by atoms with Crippen molar-refractivity contribution in [2.75, 3.05) is 7.11 Å². The van der Waals surface area contributed by atoms with Crippen LogP contribution in [0.2, 0.25) is 0 Å². The molecule has 5 nitrogen and oxygen atoms in total. The maximum Gasteiger partial charge on any atom is 0.330 e. The number of ether oxygens (including phenoxy) is 3. The highest BCUT2D eigenvalue weighted by atomic mass is 35.5. The van der Waals surface area contributed by atoms with Crippen LogP contribution in [0.4, 0.5) is 0 Å². The van der Waals surface area contributed by atoms with Crippen molar-refractivity contribution in [3.63, 3.8) is 0 Å². The lowest BCUT2D eigenvalue weighted by Crippen LogP contribution is -2.20. The van der Waals surface area contributed by atoms with E-state index in [1.165, 1.54) is 0 Å². The number of ketones is 1. The van der Waals surface area contributed by atoms with E-state index in [-0.39, 0.29) is 17.8 Å². The molecule has 0 amide bonds. The number of hydrogen-bond acceptors (Lipinski definition) is 5. The fraction of sp³-hybridized carbons (Fsp3) is 0.200. The minimum atomic E-state index is -0.521. The summed E-state index contributed by atoms with van der Waals surface area (Å²) in [5, 5.41) is 0. The summed E-state index contributed by atoms with van der Waals surface area (Å²) in [5.74, 6) is 1.60. The molecule has 4 aromatic carbocycles. The normalized spacial score (nSPS) is 11.0. The van der Waals surface area contributed by atoms with Crippen LogP contribution >= 0.6 is 11.6 Å². The predicted octanol–water partition coefficient (Wildman–Crippen LogP) is 8.32. The van der Waals surface area contributed by atoms with Gasteiger partial charge in [0.2, 0.25) is 0 Å². The molecular formula is C35H33ClO5. The van der Waals surface area contributed by atoms with Crippen molar-refractivity contribution >= 4 is 23.4 Å². The Morgan fingerprint density at radius 2 is 1.39 bits per heavy atom. The molecule has 4 rings (SSSR count). The lowest BCUT2D eigenvalue weighted by atomic mass is 9.77. The van der Waals surface area contributed by atoms with Crippen LogP contribution in [-0.2, 0) is 27.4 Å². The molecule has 0 unspecified atom stereocenters. The van der Waals surface area contributed by atoms with Crippen LogP contribution < -0.4 is 9.47 Å². The van der Waals surface area contributed by atoms with Gasteiger partial charge in [-0.3, -0.25) is 4.79 Å². The number of carbonyl (C=O) groups is 2. The number of esters is 1. The van der Waals surface area contributed by atoms with Gasteiger partial charge in [-0.1, -0.05) is 44.7 Å². The van der Waals surface area contributed by atoms with Gasteiger partial charge < -0.3 is 14.2 Å². The second-order valence-electron chi connectivity index (χ2n) is 10.2. The van der Waals surface area contributed by atoms with E-state index in [2.05, 4.69) is 38.6 Å². The lowest BCUT2D eigenvalue weighted by Gasteiger charge is -2.28. The first-order valence-electron chi connectivity index (χ1n) is 13.2. The van der Waals surface area contributed by atoms with Gasteiger partial charge in [-0.15, -0.1) is 11.6 Å². The van der Waals surface area contributed by atoms with Crippen molar-refractivity contribution in [3.05, 3.63) is 137 Å². The third-order valence-corrected chi connectivity index (χ3v) is 7.52. The van der Waals surface area contributed by atoms with Crippen molar-refractivity contribution in [2.24, 2.45) is 0 Å². The van der Waals surface area contributed by atoms with Gasteiger partial charge in [0.05, 0.1) is 7.11 Å². The fourth-order valence-corrected chi connectivity index (χ4v) is 4.76. The van der Waals surface area contributed by atoms with Gasteiger partial charge in [-0.05, 0) is 89.8 Å². The van der Waals surface area contributed by atoms with E-state index in [1.54, 1.807) is 55.6 Å². The van der Waals surface area contributed by atoms with Crippen molar-refractivity contribution in [2.45, 2.75) is 38.7 Å². The van der Waals surface area contributed by atoms with Gasteiger partial charge in [-0.2, -0.15) is 0 Å². The molecule has 0 radical (unpaired) electrons. The number of alkyl halides is 1. The van der Waals surface area contributed by atoms with Gasteiger partial charge in [0.25, 0.3) is 0 Å². The summed E-state index contributed by atoms with van der Waals surface area (Å²) in [5.41, 5.74) is 5.84. The molecule has 0 atom stereocenters. The van der Waals surface area contributed by atoms with E-state index < -0.39 is 5.97 Å². The molecule has 0 aliphatic rings. The van der Waals surface area contributed by atoms with E-state index >= 15 is 0 Å². The summed E-state index contributed by atoms with van der Waals surface area (Å²) in [6.45, 7) is 9.83. The lowest BCUT2D eigenvalue weighted by molar-refractivity contribution is -0.139. The van der Waals surface area contributed by atoms with Crippen LogP contribution in [-0.4, -0.2) is 18.9 Å². The maximum atomic E-state index is 12.9. The van der Waals surface area contributed by atoms with Crippen LogP contribution in [0.15, 0.2) is 97.6 Å². The first kappa shape index (κ1) is 29.6. The predicted molar refractivity (Wildman–Crippen MR) is 162 cm³/mol. The van der Waals surface area contributed by atoms with Gasteiger partial charge in [0.1, 0.15) is 23.9 Å². The third-order valence-electron chi connectivity index (χ3n) is 7.23. The molecule has 210 valence electrons. The zero-order chi connectivity index (χ0) is 29.6. The Morgan fingerprint density at radius 1 is 0.829 bits per heavy atom. The first-order valence-corrected chi connectivity index (χ1v) is 13.7. The summed E-state index contributed by atoms with van der Waals surface area (Å²) >= 11 is 6.18. The second-order valence-corrected chi connectivity index (χ2v) is 10.5. The number of halogens is 1. The minimum absolute atomic E-state index is 0.0129. The molecule has 0 fully saturated rings. The fourth-order valence-electron chi connectivity index (χ4n) is 4.47. The number of carbonyl (C=O) groups excluding carboxylic acids is 2. The molecule has 0 aliphatic heterocycles. The van der Waals surface area contributed by atoms with E-state index in [0.717, 1.165) is 28.3 Å². The number of rotatable bonds is 11. The van der Waals surface area contributed by atoms with Crippen LogP contribution in [0, 0.1) is 6.92 Å². The summed E-state index contributed by atoms with van der Waals surface area (Å²) in [7, 11) is 1.58. The van der Waals surface area contributed by atoms with Gasteiger partial charge in [-0.25, -0.2) is 4.79 Å². The monoisotopic (exact) mass is 568 g/mol. The molecule has 41 heavy (non-hydrogen) atoms. The van der Waals surface area contributed by atoms with Crippen LogP contribution in [0.3, 0.4) is 0 Å². The summed E-state index contributed by atoms with van der Waals surface area (Å²) in [6.07, 6.45) is 1.13. The van der Waals surface area contributed by atoms with Gasteiger partial charge in [0, 0.05) is 34.1 Å². The zero-order valence-electron chi connectivity index (χ0n) is 23.7. The highest BCUT2D eigenvalue weighted by molar-refractivity contribution is 6.17. The average molecular weight is 569 g/mol. The molecule has 0 aliphatic carbocycles. The van der Waals surface area contributed by atoms with Crippen molar-refractivity contribution < 1.29 is 23.8 Å². The Balaban J connectivity index is 1.61. The highest BCUT2D eigenvalue weighted by Gasteiger charge is 2.25. The molecule has 4 aromatic rings. The molecule has 0 N–H and O–H groups in total. The SMILES string of the molecule is C=CC(=O)OCc1cc(C(C)(C)c2ccc(C)c(CCl)c2)ccc1Oc1ccc(C(=O)c2ccc(OC)cc2)cc1. The van der Waals surface area contributed by atoms with Gasteiger partial charge in [0.15, 0.2) is 5.78 Å². The van der Waals surface area contributed by atoms with Crippen molar-refractivity contribution in [1.82, 2.24) is 0 Å². The highest BCUT2D eigenvalue weighted by Crippen LogP contribution is 2.36. The van der Waals surface area contributed by atoms with Crippen LogP contribution in [0.5, 0.6) is 17.2 Å². The minimum Gasteiger partial charge on any atom is -0.497 e. The van der Waals surface area contributed by atoms with E-state index in [4.69, 9.17) is 25.8 Å². The Hall–Kier alpha value is -4.35. The summed E-state index contributed by atoms with van der Waals surface area (Å²) in [4.78, 5) is 24.8. The Kier molecular flexibility index (Phi) is 9.31. The molecule has 0 bridgehead atoms. The van der Waals surface area contributed by atoms with Gasteiger partial charge >= 0.3 is 5.97 Å². The topological polar surface area (TPSA) is 61.8 Å². The van der Waals surface area contributed by atoms with Crippen molar-refractivity contribution in [3.8, 4) is 17.2 Å². The quantitative estimate of drug-likeness (QED) is 0.0787. The zero-order valence-corrected chi connectivity index (χ0v) is 24.5. The standard InChI is InChI=1S/C35H33ClO5/c1-6-33(37)40-22-27-20-29(35(3,4)28-12-7-23(2)26(19-28)21-36)13-18-32(27)41-31-16-10-25(11-17-31)34(38)24-8-14-30(39-5)15-9-24/h6-20H,1,21-22H2,2-5H3. The molecule has 6 heteroatoms. The van der Waals surface area contributed by atoms with Crippen LogP contribution in [0.1, 0.15) is 57.6 Å². The largest absolute Gasteiger partial charge is 0.497 e. The Morgan fingerprint density at radius 3 is 1.95 bits per heavy atom. The number of benzene rings is 4. The number of hydrogen-bond donors (Lipinski definition) is 0. The summed E-state index contributed by atoms with van der Waals surface area (Å²) < 4.78 is 16.8. The molecule has 0 saturated carbocycles. The number of aryl methyl sites for hydroxylation is 1. The maximum absolute atomic E-state index is 12.9. The van der Waals surface area contributed by atoms with E-state index in [0.29, 0.717) is 39.8 Å².